The monoisotopic (exact) mass is 422 g/mol. The van der Waals surface area contributed by atoms with Crippen LogP contribution in [-0.2, 0) is 14.8 Å². The first-order chi connectivity index (χ1) is 14.4. The average Bonchev–Trinajstić information content (AvgIpc) is 2.76. The standard InChI is InChI=1S/C23H22N2O4S/c1-16-9-8-12-19(17(16)2)24-23(26)22-15-25(20-13-6-7-14-21(20)29-22)30(27,28)18-10-4-3-5-11-18/h3-14,22H,15H2,1-2H3,(H,24,26)/t22-/m1/s1. The lowest BCUT2D eigenvalue weighted by atomic mass is 10.1. The molecule has 0 saturated carbocycles. The summed E-state index contributed by atoms with van der Waals surface area (Å²) < 4.78 is 33.8. The van der Waals surface area contributed by atoms with Crippen LogP contribution in [0.3, 0.4) is 0 Å². The fourth-order valence-corrected chi connectivity index (χ4v) is 4.88. The Labute approximate surface area is 176 Å². The molecule has 1 aliphatic heterocycles. The third-order valence-electron chi connectivity index (χ3n) is 5.22. The van der Waals surface area contributed by atoms with E-state index in [0.29, 0.717) is 17.1 Å². The topological polar surface area (TPSA) is 75.7 Å². The highest BCUT2D eigenvalue weighted by molar-refractivity contribution is 7.92. The van der Waals surface area contributed by atoms with Crippen molar-refractivity contribution in [2.45, 2.75) is 24.8 Å². The van der Waals surface area contributed by atoms with Crippen LogP contribution < -0.4 is 14.4 Å². The first-order valence-electron chi connectivity index (χ1n) is 9.58. The molecule has 3 aromatic rings. The van der Waals surface area contributed by atoms with Crippen molar-refractivity contribution in [3.8, 4) is 5.75 Å². The Bertz CT molecular complexity index is 1190. The number of anilines is 2. The minimum absolute atomic E-state index is 0.120. The van der Waals surface area contributed by atoms with E-state index in [4.69, 9.17) is 4.74 Å². The van der Waals surface area contributed by atoms with Crippen LogP contribution in [-0.4, -0.2) is 27.0 Å². The van der Waals surface area contributed by atoms with Gasteiger partial charge in [-0.05, 0) is 55.3 Å². The number of para-hydroxylation sites is 2. The number of carbonyl (C=O) groups excluding carboxylic acids is 1. The maximum absolute atomic E-state index is 13.3. The van der Waals surface area contributed by atoms with E-state index in [1.165, 1.54) is 4.31 Å². The van der Waals surface area contributed by atoms with Crippen LogP contribution in [0.25, 0.3) is 0 Å². The molecule has 1 amide bonds. The van der Waals surface area contributed by atoms with Gasteiger partial charge in [0.1, 0.15) is 5.75 Å². The number of nitrogens with one attached hydrogen (secondary N) is 1. The van der Waals surface area contributed by atoms with Gasteiger partial charge in [-0.25, -0.2) is 8.42 Å². The van der Waals surface area contributed by atoms with E-state index in [9.17, 15) is 13.2 Å². The molecule has 0 saturated heterocycles. The molecule has 4 rings (SSSR count). The number of hydrogen-bond acceptors (Lipinski definition) is 4. The fourth-order valence-electron chi connectivity index (χ4n) is 3.39. The van der Waals surface area contributed by atoms with E-state index in [-0.39, 0.29) is 11.4 Å². The first-order valence-corrected chi connectivity index (χ1v) is 11.0. The number of nitrogens with zero attached hydrogens (tertiary/aromatic N) is 1. The van der Waals surface area contributed by atoms with Crippen molar-refractivity contribution in [2.24, 2.45) is 0 Å². The van der Waals surface area contributed by atoms with Gasteiger partial charge >= 0.3 is 0 Å². The van der Waals surface area contributed by atoms with Crippen molar-refractivity contribution in [3.63, 3.8) is 0 Å². The van der Waals surface area contributed by atoms with E-state index in [1.807, 2.05) is 32.0 Å². The van der Waals surface area contributed by atoms with Gasteiger partial charge in [0.25, 0.3) is 15.9 Å². The van der Waals surface area contributed by atoms with Crippen molar-refractivity contribution >= 4 is 27.3 Å². The number of ether oxygens (including phenoxy) is 1. The fraction of sp³-hybridized carbons (Fsp3) is 0.174. The Hall–Kier alpha value is -3.32. The molecule has 0 spiro atoms. The second-order valence-corrected chi connectivity index (χ2v) is 9.02. The predicted octanol–water partition coefficient (Wildman–Crippen LogP) is 3.90. The summed E-state index contributed by atoms with van der Waals surface area (Å²) in [5.41, 5.74) is 3.10. The molecule has 30 heavy (non-hydrogen) atoms. The van der Waals surface area contributed by atoms with Gasteiger partial charge in [-0.2, -0.15) is 0 Å². The van der Waals surface area contributed by atoms with Crippen LogP contribution in [0.15, 0.2) is 77.7 Å². The molecular weight excluding hydrogens is 400 g/mol. The average molecular weight is 423 g/mol. The molecule has 0 aromatic heterocycles. The van der Waals surface area contributed by atoms with Crippen LogP contribution in [0.5, 0.6) is 5.75 Å². The smallest absolute Gasteiger partial charge is 0.267 e. The van der Waals surface area contributed by atoms with E-state index in [0.717, 1.165) is 11.1 Å². The Morgan fingerprint density at radius 1 is 0.967 bits per heavy atom. The maximum Gasteiger partial charge on any atom is 0.267 e. The quantitative estimate of drug-likeness (QED) is 0.692. The number of rotatable bonds is 4. The molecule has 0 unspecified atom stereocenters. The zero-order valence-corrected chi connectivity index (χ0v) is 17.5. The van der Waals surface area contributed by atoms with Crippen molar-refractivity contribution < 1.29 is 17.9 Å². The van der Waals surface area contributed by atoms with Gasteiger partial charge in [-0.15, -0.1) is 0 Å². The van der Waals surface area contributed by atoms with Gasteiger partial charge in [0.15, 0.2) is 6.10 Å². The number of amides is 1. The number of aryl methyl sites for hydroxylation is 1. The van der Waals surface area contributed by atoms with Crippen LogP contribution in [0.2, 0.25) is 0 Å². The van der Waals surface area contributed by atoms with Crippen molar-refractivity contribution in [1.29, 1.82) is 0 Å². The minimum Gasteiger partial charge on any atom is -0.476 e. The SMILES string of the molecule is Cc1cccc(NC(=O)[C@H]2CN(S(=O)(=O)c3ccccc3)c3ccccc3O2)c1C. The predicted molar refractivity (Wildman–Crippen MR) is 116 cm³/mol. The molecule has 1 atom stereocenters. The van der Waals surface area contributed by atoms with Crippen molar-refractivity contribution in [2.75, 3.05) is 16.2 Å². The summed E-state index contributed by atoms with van der Waals surface area (Å²) in [6, 6.07) is 20.7. The summed E-state index contributed by atoms with van der Waals surface area (Å²) in [7, 11) is -3.86. The maximum atomic E-state index is 13.3. The molecular formula is C23H22N2O4S. The van der Waals surface area contributed by atoms with Crippen LogP contribution in [0.1, 0.15) is 11.1 Å². The number of hydrogen-bond donors (Lipinski definition) is 1. The molecule has 0 aliphatic carbocycles. The highest BCUT2D eigenvalue weighted by Gasteiger charge is 2.37. The third kappa shape index (κ3) is 3.64. The van der Waals surface area contributed by atoms with Gasteiger partial charge in [0.05, 0.1) is 17.1 Å². The van der Waals surface area contributed by atoms with Gasteiger partial charge in [0.2, 0.25) is 0 Å². The summed E-state index contributed by atoms with van der Waals surface area (Å²) in [6.45, 7) is 3.77. The van der Waals surface area contributed by atoms with E-state index in [2.05, 4.69) is 5.32 Å². The molecule has 1 aliphatic rings. The molecule has 154 valence electrons. The van der Waals surface area contributed by atoms with Crippen molar-refractivity contribution in [1.82, 2.24) is 0 Å². The first kappa shape index (κ1) is 20.0. The van der Waals surface area contributed by atoms with Crippen LogP contribution >= 0.6 is 0 Å². The van der Waals surface area contributed by atoms with Crippen LogP contribution in [0, 0.1) is 13.8 Å². The van der Waals surface area contributed by atoms with Gasteiger partial charge in [-0.3, -0.25) is 9.10 Å². The Morgan fingerprint density at radius 3 is 2.43 bits per heavy atom. The molecule has 1 heterocycles. The van der Waals surface area contributed by atoms with Crippen molar-refractivity contribution in [3.05, 3.63) is 83.9 Å². The number of fused-ring (bicyclic) bond motifs is 1. The molecule has 6 nitrogen and oxygen atoms in total. The summed E-state index contributed by atoms with van der Waals surface area (Å²) in [5.74, 6) is -0.0455. The third-order valence-corrected chi connectivity index (χ3v) is 7.01. The molecule has 7 heteroatoms. The second-order valence-electron chi connectivity index (χ2n) is 7.16. The molecule has 0 bridgehead atoms. The largest absolute Gasteiger partial charge is 0.476 e. The number of sulfonamides is 1. The van der Waals surface area contributed by atoms with E-state index >= 15 is 0 Å². The van der Waals surface area contributed by atoms with Crippen LogP contribution in [0.4, 0.5) is 11.4 Å². The van der Waals surface area contributed by atoms with Gasteiger partial charge in [-0.1, -0.05) is 42.5 Å². The number of carbonyl (C=O) groups is 1. The lowest BCUT2D eigenvalue weighted by molar-refractivity contribution is -0.122. The zero-order valence-electron chi connectivity index (χ0n) is 16.7. The summed E-state index contributed by atoms with van der Waals surface area (Å²) in [6.07, 6.45) is -0.988. The lowest BCUT2D eigenvalue weighted by Gasteiger charge is -2.34. The molecule has 3 aromatic carbocycles. The molecule has 1 N–H and O–H groups in total. The van der Waals surface area contributed by atoms with Gasteiger partial charge < -0.3 is 10.1 Å². The summed E-state index contributed by atoms with van der Waals surface area (Å²) in [5, 5.41) is 2.88. The van der Waals surface area contributed by atoms with E-state index < -0.39 is 22.0 Å². The zero-order chi connectivity index (χ0) is 21.3. The summed E-state index contributed by atoms with van der Waals surface area (Å²) in [4.78, 5) is 13.2. The highest BCUT2D eigenvalue weighted by atomic mass is 32.2. The molecule has 0 fully saturated rings. The lowest BCUT2D eigenvalue weighted by Crippen LogP contribution is -2.48. The second kappa shape index (κ2) is 7.84. The Kier molecular flexibility index (Phi) is 5.22. The minimum atomic E-state index is -3.86. The molecule has 0 radical (unpaired) electrons. The summed E-state index contributed by atoms with van der Waals surface area (Å²) >= 11 is 0. The Morgan fingerprint density at radius 2 is 1.67 bits per heavy atom. The van der Waals surface area contributed by atoms with Gasteiger partial charge in [0, 0.05) is 5.69 Å². The normalized spacial score (nSPS) is 15.8. The number of benzene rings is 3. The Balaban J connectivity index is 1.68. The van der Waals surface area contributed by atoms with E-state index in [1.54, 1.807) is 54.6 Å². The highest BCUT2D eigenvalue weighted by Crippen LogP contribution is 2.37.